The van der Waals surface area contributed by atoms with Gasteiger partial charge in [-0.25, -0.2) is 9.97 Å². The summed E-state index contributed by atoms with van der Waals surface area (Å²) in [5.41, 5.74) is 8.82. The van der Waals surface area contributed by atoms with Gasteiger partial charge < -0.3 is 21.1 Å². The molecule has 2 aromatic carbocycles. The third-order valence-corrected chi connectivity index (χ3v) is 7.10. The van der Waals surface area contributed by atoms with Crippen LogP contribution in [-0.2, 0) is 4.79 Å². The van der Waals surface area contributed by atoms with Crippen molar-refractivity contribution >= 4 is 62.3 Å². The number of anilines is 3. The zero-order chi connectivity index (χ0) is 24.2. The number of aromatic nitrogens is 2. The molecule has 4 N–H and O–H groups in total. The van der Waals surface area contributed by atoms with Crippen LogP contribution < -0.4 is 21.1 Å². The Kier molecular flexibility index (Phi) is 6.99. The van der Waals surface area contributed by atoms with Gasteiger partial charge in [-0.3, -0.25) is 9.59 Å². The molecule has 0 saturated carbocycles. The second kappa shape index (κ2) is 10.1. The van der Waals surface area contributed by atoms with Crippen molar-refractivity contribution in [3.8, 4) is 5.75 Å². The highest BCUT2D eigenvalue weighted by molar-refractivity contribution is 7.99. The number of hydrogen-bond acceptors (Lipinski definition) is 8. The monoisotopic (exact) mass is 493 g/mol. The second-order valence-electron chi connectivity index (χ2n) is 7.42. The highest BCUT2D eigenvalue weighted by Gasteiger charge is 2.14. The van der Waals surface area contributed by atoms with Crippen LogP contribution in [0.4, 0.5) is 17.2 Å². The van der Waals surface area contributed by atoms with Gasteiger partial charge in [0.05, 0.1) is 23.9 Å². The van der Waals surface area contributed by atoms with Crippen LogP contribution in [0.1, 0.15) is 20.8 Å². The summed E-state index contributed by atoms with van der Waals surface area (Å²) in [5.74, 6) is 0.645. The molecule has 0 aliphatic heterocycles. The molecule has 8 nitrogen and oxygen atoms in total. The molecule has 0 unspecified atom stereocenters. The summed E-state index contributed by atoms with van der Waals surface area (Å²) < 4.78 is 5.25. The topological polar surface area (TPSA) is 119 Å². The van der Waals surface area contributed by atoms with Gasteiger partial charge in [0.2, 0.25) is 5.91 Å². The van der Waals surface area contributed by atoms with Crippen LogP contribution in [0.5, 0.6) is 5.75 Å². The molecule has 2 amide bonds. The second-order valence-corrected chi connectivity index (χ2v) is 9.57. The van der Waals surface area contributed by atoms with Crippen molar-refractivity contribution in [1.29, 1.82) is 0 Å². The summed E-state index contributed by atoms with van der Waals surface area (Å²) in [6, 6.07) is 13.8. The maximum absolute atomic E-state index is 12.5. The molecule has 0 bridgehead atoms. The number of amides is 2. The predicted octanol–water partition coefficient (Wildman–Crippen LogP) is 4.88. The number of hydrogen-bond donors (Lipinski definition) is 3. The van der Waals surface area contributed by atoms with Crippen molar-refractivity contribution in [2.45, 2.75) is 19.0 Å². The average Bonchev–Trinajstić information content (AvgIpc) is 3.12. The lowest BCUT2D eigenvalue weighted by molar-refractivity contribution is -0.113. The lowest BCUT2D eigenvalue weighted by atomic mass is 10.2. The average molecular weight is 494 g/mol. The summed E-state index contributed by atoms with van der Waals surface area (Å²) in [7, 11) is 1.55. The molecule has 0 aliphatic rings. The predicted molar refractivity (Wildman–Crippen MR) is 138 cm³/mol. The Bertz CT molecular complexity index is 1370. The number of aryl methyl sites for hydroxylation is 2. The number of nitrogens with zero attached hydrogens (tertiary/aromatic N) is 2. The van der Waals surface area contributed by atoms with Crippen LogP contribution in [0.15, 0.2) is 53.7 Å². The molecule has 2 heterocycles. The minimum Gasteiger partial charge on any atom is -0.495 e. The molecule has 174 valence electrons. The molecule has 10 heteroatoms. The quantitative estimate of drug-likeness (QED) is 0.248. The van der Waals surface area contributed by atoms with E-state index in [2.05, 4.69) is 20.6 Å². The number of rotatable bonds is 7. The number of para-hydroxylation sites is 2. The van der Waals surface area contributed by atoms with Crippen LogP contribution >= 0.6 is 23.1 Å². The van der Waals surface area contributed by atoms with E-state index in [9.17, 15) is 9.59 Å². The van der Waals surface area contributed by atoms with Gasteiger partial charge in [0, 0.05) is 16.1 Å². The Labute approximate surface area is 204 Å². The van der Waals surface area contributed by atoms with Gasteiger partial charge >= 0.3 is 0 Å². The van der Waals surface area contributed by atoms with Crippen molar-refractivity contribution < 1.29 is 14.3 Å². The summed E-state index contributed by atoms with van der Waals surface area (Å²) in [5, 5.41) is 6.98. The van der Waals surface area contributed by atoms with Gasteiger partial charge in [-0.15, -0.1) is 11.3 Å². The van der Waals surface area contributed by atoms with Crippen LogP contribution in [0.25, 0.3) is 10.2 Å². The van der Waals surface area contributed by atoms with E-state index in [1.165, 1.54) is 11.8 Å². The van der Waals surface area contributed by atoms with E-state index in [1.807, 2.05) is 26.0 Å². The van der Waals surface area contributed by atoms with E-state index in [1.54, 1.807) is 54.8 Å². The summed E-state index contributed by atoms with van der Waals surface area (Å²) in [6.45, 7) is 4.02. The zero-order valence-electron chi connectivity index (χ0n) is 18.8. The Morgan fingerprint density at radius 2 is 1.79 bits per heavy atom. The van der Waals surface area contributed by atoms with E-state index < -0.39 is 0 Å². The summed E-state index contributed by atoms with van der Waals surface area (Å²) in [6.07, 6.45) is 0. The Hall–Kier alpha value is -3.63. The van der Waals surface area contributed by atoms with Crippen LogP contribution in [-0.4, -0.2) is 34.6 Å². The molecule has 0 saturated heterocycles. The Balaban J connectivity index is 1.35. The smallest absolute Gasteiger partial charge is 0.255 e. The molecule has 0 atom stereocenters. The van der Waals surface area contributed by atoms with E-state index in [4.69, 9.17) is 10.5 Å². The third-order valence-electron chi connectivity index (χ3n) is 5.15. The highest BCUT2D eigenvalue weighted by Crippen LogP contribution is 2.33. The van der Waals surface area contributed by atoms with Crippen molar-refractivity contribution in [3.63, 3.8) is 0 Å². The van der Waals surface area contributed by atoms with Gasteiger partial charge in [-0.05, 0) is 55.8 Å². The van der Waals surface area contributed by atoms with Gasteiger partial charge in [0.15, 0.2) is 5.16 Å². The molecular weight excluding hydrogens is 470 g/mol. The first-order valence-electron chi connectivity index (χ1n) is 10.4. The lowest BCUT2D eigenvalue weighted by Crippen LogP contribution is -2.15. The number of benzene rings is 2. The fourth-order valence-corrected chi connectivity index (χ4v) is 5.05. The number of nitrogens with one attached hydrogen (secondary N) is 2. The number of nitrogens with two attached hydrogens (primary N) is 1. The zero-order valence-corrected chi connectivity index (χ0v) is 20.5. The molecule has 2 aromatic heterocycles. The van der Waals surface area contributed by atoms with E-state index in [-0.39, 0.29) is 17.6 Å². The lowest BCUT2D eigenvalue weighted by Gasteiger charge is -2.10. The number of ether oxygens (including phenoxy) is 1. The van der Waals surface area contributed by atoms with E-state index in [0.29, 0.717) is 33.7 Å². The van der Waals surface area contributed by atoms with Crippen molar-refractivity contribution in [3.05, 3.63) is 64.5 Å². The number of thiophene rings is 1. The largest absolute Gasteiger partial charge is 0.495 e. The third kappa shape index (κ3) is 5.13. The Morgan fingerprint density at radius 1 is 1.06 bits per heavy atom. The SMILES string of the molecule is COc1ccccc1NC(=O)c1ccc(NC(=O)CSc2nc(N)c3c(C)c(C)sc3n2)cc1. The van der Waals surface area contributed by atoms with Gasteiger partial charge in [-0.1, -0.05) is 23.9 Å². The van der Waals surface area contributed by atoms with Gasteiger partial charge in [0.1, 0.15) is 16.4 Å². The maximum Gasteiger partial charge on any atom is 0.255 e. The summed E-state index contributed by atoms with van der Waals surface area (Å²) in [4.78, 5) is 35.8. The molecule has 0 fully saturated rings. The van der Waals surface area contributed by atoms with Crippen LogP contribution in [0.3, 0.4) is 0 Å². The van der Waals surface area contributed by atoms with Gasteiger partial charge in [-0.2, -0.15) is 0 Å². The first kappa shape index (κ1) is 23.5. The molecule has 4 rings (SSSR count). The first-order chi connectivity index (χ1) is 16.4. The Morgan fingerprint density at radius 3 is 2.53 bits per heavy atom. The molecule has 0 aliphatic carbocycles. The maximum atomic E-state index is 12.5. The minimum absolute atomic E-state index is 0.129. The number of nitrogen functional groups attached to an aromatic ring is 1. The fraction of sp³-hybridized carbons (Fsp3) is 0.167. The van der Waals surface area contributed by atoms with E-state index >= 15 is 0 Å². The van der Waals surface area contributed by atoms with Crippen LogP contribution in [0, 0.1) is 13.8 Å². The number of carbonyl (C=O) groups excluding carboxylic acids is 2. The first-order valence-corrected chi connectivity index (χ1v) is 12.2. The number of carbonyl (C=O) groups is 2. The van der Waals surface area contributed by atoms with Gasteiger partial charge in [0.25, 0.3) is 5.91 Å². The molecule has 0 spiro atoms. The number of methoxy groups -OCH3 is 1. The molecule has 0 radical (unpaired) electrons. The van der Waals surface area contributed by atoms with E-state index in [0.717, 1.165) is 20.7 Å². The summed E-state index contributed by atoms with van der Waals surface area (Å²) >= 11 is 2.79. The standard InChI is InChI=1S/C24H23N5O3S2/c1-13-14(2)34-23-20(13)21(25)28-24(29-23)33-12-19(30)26-16-10-8-15(9-11-16)22(31)27-17-6-4-5-7-18(17)32-3/h4-11H,12H2,1-3H3,(H,26,30)(H,27,31)(H2,25,28,29). The van der Waals surface area contributed by atoms with Crippen molar-refractivity contribution in [1.82, 2.24) is 9.97 Å². The van der Waals surface area contributed by atoms with Crippen LogP contribution in [0.2, 0.25) is 0 Å². The fourth-order valence-electron chi connectivity index (χ4n) is 3.30. The normalized spacial score (nSPS) is 10.8. The number of fused-ring (bicyclic) bond motifs is 1. The minimum atomic E-state index is -0.276. The van der Waals surface area contributed by atoms with Crippen molar-refractivity contribution in [2.75, 3.05) is 29.2 Å². The molecule has 4 aromatic rings. The van der Waals surface area contributed by atoms with Crippen molar-refractivity contribution in [2.24, 2.45) is 0 Å². The molecule has 34 heavy (non-hydrogen) atoms. The number of thioether (sulfide) groups is 1. The molecular formula is C24H23N5O3S2. The highest BCUT2D eigenvalue weighted by atomic mass is 32.2.